The van der Waals surface area contributed by atoms with Crippen molar-refractivity contribution in [2.24, 2.45) is 5.73 Å². The fraction of sp³-hybridized carbons (Fsp3) is 0.500. The van der Waals surface area contributed by atoms with Crippen LogP contribution < -0.4 is 5.73 Å². The van der Waals surface area contributed by atoms with E-state index in [1.165, 1.54) is 0 Å². The van der Waals surface area contributed by atoms with Crippen molar-refractivity contribution >= 4 is 15.9 Å². The van der Waals surface area contributed by atoms with Crippen LogP contribution in [0, 0.1) is 5.82 Å². The molecular formula is C12H15BrFNO. The van der Waals surface area contributed by atoms with E-state index in [0.29, 0.717) is 35.7 Å². The van der Waals surface area contributed by atoms with Gasteiger partial charge in [-0.3, -0.25) is 0 Å². The van der Waals surface area contributed by atoms with Crippen molar-refractivity contribution in [2.75, 3.05) is 0 Å². The highest BCUT2D eigenvalue weighted by molar-refractivity contribution is 9.10. The first-order chi connectivity index (χ1) is 7.53. The topological polar surface area (TPSA) is 46.2 Å². The highest BCUT2D eigenvalue weighted by Crippen LogP contribution is 2.37. The molecule has 0 heterocycles. The summed E-state index contributed by atoms with van der Waals surface area (Å²) in [6.45, 7) is 0. The smallest absolute Gasteiger partial charge is 0.142 e. The lowest BCUT2D eigenvalue weighted by Gasteiger charge is -2.36. The molecule has 0 unspecified atom stereocenters. The third-order valence-electron chi connectivity index (χ3n) is 3.34. The summed E-state index contributed by atoms with van der Waals surface area (Å²) in [6, 6.07) is 5.19. The fourth-order valence-corrected chi connectivity index (χ4v) is 2.64. The molecule has 0 saturated heterocycles. The predicted octanol–water partition coefficient (Wildman–Crippen LogP) is 2.68. The summed E-state index contributed by atoms with van der Waals surface area (Å²) < 4.78 is 14.4. The molecule has 1 aliphatic rings. The zero-order valence-corrected chi connectivity index (χ0v) is 10.5. The lowest BCUT2D eigenvalue weighted by molar-refractivity contribution is 0.0957. The van der Waals surface area contributed by atoms with E-state index >= 15 is 0 Å². The molecule has 88 valence electrons. The van der Waals surface area contributed by atoms with Crippen molar-refractivity contribution in [1.82, 2.24) is 0 Å². The van der Waals surface area contributed by atoms with Gasteiger partial charge in [-0.05, 0) is 47.7 Å². The Morgan fingerprint density at radius 2 is 2.00 bits per heavy atom. The first kappa shape index (κ1) is 12.0. The molecule has 0 spiro atoms. The molecule has 0 aromatic heterocycles. The second-order valence-corrected chi connectivity index (χ2v) is 5.34. The number of rotatable bonds is 1. The number of hydrogen-bond donors (Lipinski definition) is 2. The molecule has 1 aromatic rings. The van der Waals surface area contributed by atoms with Gasteiger partial charge in [0, 0.05) is 11.1 Å². The molecule has 0 bridgehead atoms. The van der Waals surface area contributed by atoms with Gasteiger partial charge in [0.25, 0.3) is 0 Å². The Hall–Kier alpha value is -0.450. The third-order valence-corrected chi connectivity index (χ3v) is 3.95. The summed E-state index contributed by atoms with van der Waals surface area (Å²) in [4.78, 5) is 0. The molecule has 1 fully saturated rings. The summed E-state index contributed by atoms with van der Waals surface area (Å²) in [6.07, 6.45) is 2.25. The second kappa shape index (κ2) is 4.43. The van der Waals surface area contributed by atoms with E-state index in [9.17, 15) is 9.50 Å². The standard InChI is InChI=1S/C12H15BrFNO/c13-10-3-1-2-9(11(10)14)12(15)6-4-8(16)5-7-12/h1-3,8,16H,4-7,15H2. The van der Waals surface area contributed by atoms with Gasteiger partial charge in [0.05, 0.1) is 10.6 Å². The van der Waals surface area contributed by atoms with Crippen LogP contribution in [-0.4, -0.2) is 11.2 Å². The minimum Gasteiger partial charge on any atom is -0.393 e. The molecule has 16 heavy (non-hydrogen) atoms. The molecule has 3 N–H and O–H groups in total. The van der Waals surface area contributed by atoms with Crippen LogP contribution in [-0.2, 0) is 5.54 Å². The van der Waals surface area contributed by atoms with Crippen LogP contribution in [0.15, 0.2) is 22.7 Å². The van der Waals surface area contributed by atoms with Crippen LogP contribution in [0.1, 0.15) is 31.2 Å². The molecule has 0 atom stereocenters. The zero-order valence-electron chi connectivity index (χ0n) is 8.92. The number of halogens is 2. The van der Waals surface area contributed by atoms with Crippen LogP contribution in [0.4, 0.5) is 4.39 Å². The van der Waals surface area contributed by atoms with Crippen LogP contribution in [0.5, 0.6) is 0 Å². The normalized spacial score (nSPS) is 30.4. The molecule has 0 aliphatic heterocycles. The highest BCUT2D eigenvalue weighted by atomic mass is 79.9. The van der Waals surface area contributed by atoms with Gasteiger partial charge < -0.3 is 10.8 Å². The van der Waals surface area contributed by atoms with E-state index in [1.807, 2.05) is 0 Å². The SMILES string of the molecule is NC1(c2cccc(Br)c2F)CCC(O)CC1. The van der Waals surface area contributed by atoms with Crippen molar-refractivity contribution in [3.8, 4) is 0 Å². The quantitative estimate of drug-likeness (QED) is 0.834. The maximum atomic E-state index is 13.9. The molecule has 0 radical (unpaired) electrons. The molecule has 1 aromatic carbocycles. The predicted molar refractivity (Wildman–Crippen MR) is 64.4 cm³/mol. The minimum absolute atomic E-state index is 0.276. The molecule has 4 heteroatoms. The van der Waals surface area contributed by atoms with Gasteiger partial charge in [0.15, 0.2) is 0 Å². The third kappa shape index (κ3) is 2.14. The monoisotopic (exact) mass is 287 g/mol. The molecule has 1 saturated carbocycles. The average molecular weight is 288 g/mol. The first-order valence-electron chi connectivity index (χ1n) is 5.44. The molecule has 1 aliphatic carbocycles. The van der Waals surface area contributed by atoms with E-state index in [0.717, 1.165) is 0 Å². The highest BCUT2D eigenvalue weighted by Gasteiger charge is 2.34. The van der Waals surface area contributed by atoms with Crippen molar-refractivity contribution in [3.05, 3.63) is 34.1 Å². The Kier molecular flexibility index (Phi) is 3.33. The fourth-order valence-electron chi connectivity index (χ4n) is 2.28. The van der Waals surface area contributed by atoms with E-state index in [4.69, 9.17) is 5.73 Å². The van der Waals surface area contributed by atoms with Crippen LogP contribution in [0.25, 0.3) is 0 Å². The summed E-state index contributed by atoms with van der Waals surface area (Å²) >= 11 is 3.17. The van der Waals surface area contributed by atoms with Gasteiger partial charge in [-0.15, -0.1) is 0 Å². The van der Waals surface area contributed by atoms with Crippen molar-refractivity contribution in [1.29, 1.82) is 0 Å². The van der Waals surface area contributed by atoms with Gasteiger partial charge in [0.2, 0.25) is 0 Å². The van der Waals surface area contributed by atoms with Gasteiger partial charge in [-0.25, -0.2) is 4.39 Å². The number of hydrogen-bond acceptors (Lipinski definition) is 2. The number of aliphatic hydroxyl groups is 1. The van der Waals surface area contributed by atoms with Crippen molar-refractivity contribution in [2.45, 2.75) is 37.3 Å². The summed E-state index contributed by atoms with van der Waals surface area (Å²) in [5.74, 6) is -0.276. The van der Waals surface area contributed by atoms with Crippen molar-refractivity contribution in [3.63, 3.8) is 0 Å². The zero-order chi connectivity index (χ0) is 11.8. The maximum absolute atomic E-state index is 13.9. The van der Waals surface area contributed by atoms with E-state index < -0.39 is 5.54 Å². The van der Waals surface area contributed by atoms with E-state index in [1.54, 1.807) is 18.2 Å². The lowest BCUT2D eigenvalue weighted by atomic mass is 9.76. The van der Waals surface area contributed by atoms with Crippen LogP contribution in [0.3, 0.4) is 0 Å². The van der Waals surface area contributed by atoms with Gasteiger partial charge >= 0.3 is 0 Å². The van der Waals surface area contributed by atoms with Crippen molar-refractivity contribution < 1.29 is 9.50 Å². The van der Waals surface area contributed by atoms with Gasteiger partial charge in [0.1, 0.15) is 5.82 Å². The molecule has 0 amide bonds. The average Bonchev–Trinajstić information content (AvgIpc) is 2.27. The van der Waals surface area contributed by atoms with E-state index in [-0.39, 0.29) is 11.9 Å². The first-order valence-corrected chi connectivity index (χ1v) is 6.24. The summed E-state index contributed by atoms with van der Waals surface area (Å²) in [5.41, 5.74) is 6.16. The maximum Gasteiger partial charge on any atom is 0.142 e. The largest absolute Gasteiger partial charge is 0.393 e. The Morgan fingerprint density at radius 3 is 2.62 bits per heavy atom. The van der Waals surface area contributed by atoms with E-state index in [2.05, 4.69) is 15.9 Å². The molecular weight excluding hydrogens is 273 g/mol. The number of benzene rings is 1. The summed E-state index contributed by atoms with van der Waals surface area (Å²) in [7, 11) is 0. The van der Waals surface area contributed by atoms with Crippen LogP contribution >= 0.6 is 15.9 Å². The molecule has 2 nitrogen and oxygen atoms in total. The molecule has 2 rings (SSSR count). The second-order valence-electron chi connectivity index (χ2n) is 4.49. The lowest BCUT2D eigenvalue weighted by Crippen LogP contribution is -2.42. The summed E-state index contributed by atoms with van der Waals surface area (Å²) in [5, 5.41) is 9.45. The number of nitrogens with two attached hydrogens (primary N) is 1. The van der Waals surface area contributed by atoms with Gasteiger partial charge in [-0.1, -0.05) is 12.1 Å². The minimum atomic E-state index is -0.632. The Morgan fingerprint density at radius 1 is 1.38 bits per heavy atom. The Labute approximate surface area is 103 Å². The van der Waals surface area contributed by atoms with Crippen LogP contribution in [0.2, 0.25) is 0 Å². The Balaban J connectivity index is 2.32. The Bertz CT molecular complexity index is 389. The van der Waals surface area contributed by atoms with Gasteiger partial charge in [-0.2, -0.15) is 0 Å². The number of aliphatic hydroxyl groups excluding tert-OH is 1.